The molecule has 6 rings (SSSR count). The molecular formula is C35H34N6O5S2. The largest absolute Gasteiger partial charge is 0.497 e. The predicted molar refractivity (Wildman–Crippen MR) is 185 cm³/mol. The van der Waals surface area contributed by atoms with E-state index < -0.39 is 0 Å². The summed E-state index contributed by atoms with van der Waals surface area (Å²) in [5.41, 5.74) is 3.27. The summed E-state index contributed by atoms with van der Waals surface area (Å²) in [5, 5.41) is 20.7. The lowest BCUT2D eigenvalue weighted by atomic mass is 10.0. The Morgan fingerprint density at radius 2 is 1.62 bits per heavy atom. The number of carbonyl (C=O) groups excluding carboxylic acids is 2. The maximum absolute atomic E-state index is 13.8. The highest BCUT2D eigenvalue weighted by molar-refractivity contribution is 7.99. The van der Waals surface area contributed by atoms with Gasteiger partial charge in [-0.2, -0.15) is 5.10 Å². The van der Waals surface area contributed by atoms with Gasteiger partial charge in [0.1, 0.15) is 17.2 Å². The van der Waals surface area contributed by atoms with E-state index in [4.69, 9.17) is 19.3 Å². The van der Waals surface area contributed by atoms with E-state index in [0.717, 1.165) is 27.5 Å². The normalized spacial score (nSPS) is 14.0. The number of thioether (sulfide) groups is 1. The molecule has 0 saturated carbocycles. The smallest absolute Gasteiger partial charge is 0.253 e. The molecule has 13 heteroatoms. The maximum atomic E-state index is 13.8. The van der Waals surface area contributed by atoms with E-state index in [1.54, 1.807) is 41.7 Å². The highest BCUT2D eigenvalue weighted by Crippen LogP contribution is 2.35. The number of hydrogen-bond acceptors (Lipinski definition) is 10. The van der Waals surface area contributed by atoms with Gasteiger partial charge in [0.15, 0.2) is 11.0 Å². The molecule has 246 valence electrons. The Morgan fingerprint density at radius 3 is 2.29 bits per heavy atom. The van der Waals surface area contributed by atoms with Gasteiger partial charge < -0.3 is 24.1 Å². The highest BCUT2D eigenvalue weighted by atomic mass is 32.2. The molecule has 1 N–H and O–H groups in total. The molecule has 2 aromatic heterocycles. The molecule has 3 aromatic carbocycles. The van der Waals surface area contributed by atoms with Gasteiger partial charge in [0.25, 0.3) is 11.8 Å². The van der Waals surface area contributed by atoms with Crippen LogP contribution in [0.15, 0.2) is 101 Å². The van der Waals surface area contributed by atoms with Crippen LogP contribution in [0.5, 0.6) is 17.2 Å². The third-order valence-corrected chi connectivity index (χ3v) is 9.66. The van der Waals surface area contributed by atoms with Crippen molar-refractivity contribution < 1.29 is 23.8 Å². The van der Waals surface area contributed by atoms with E-state index in [1.165, 1.54) is 26.0 Å². The van der Waals surface area contributed by atoms with E-state index in [1.807, 2.05) is 76.7 Å². The van der Waals surface area contributed by atoms with Gasteiger partial charge in [0, 0.05) is 18.1 Å². The number of thiophene rings is 1. The molecule has 0 unspecified atom stereocenters. The molecule has 0 bridgehead atoms. The van der Waals surface area contributed by atoms with Crippen molar-refractivity contribution in [3.63, 3.8) is 0 Å². The summed E-state index contributed by atoms with van der Waals surface area (Å²) in [6, 6.07) is 26.4. The number of rotatable bonds is 13. The van der Waals surface area contributed by atoms with Crippen molar-refractivity contribution in [1.29, 1.82) is 0 Å². The molecule has 11 nitrogen and oxygen atoms in total. The van der Waals surface area contributed by atoms with Crippen LogP contribution in [0.25, 0.3) is 0 Å². The van der Waals surface area contributed by atoms with Gasteiger partial charge >= 0.3 is 0 Å². The Labute approximate surface area is 286 Å². The Kier molecular flexibility index (Phi) is 10.4. The number of aromatic nitrogens is 3. The van der Waals surface area contributed by atoms with Gasteiger partial charge in [-0.15, -0.1) is 21.5 Å². The third-order valence-electron chi connectivity index (χ3n) is 7.79. The summed E-state index contributed by atoms with van der Waals surface area (Å²) in [7, 11) is 4.69. The Morgan fingerprint density at radius 1 is 0.896 bits per heavy atom. The zero-order chi connectivity index (χ0) is 33.5. The van der Waals surface area contributed by atoms with Gasteiger partial charge in [-0.25, -0.2) is 5.01 Å². The number of nitrogens with zero attached hydrogens (tertiary/aromatic N) is 5. The molecule has 0 spiro atoms. The Hall–Kier alpha value is -5.14. The van der Waals surface area contributed by atoms with Crippen molar-refractivity contribution in [2.45, 2.75) is 30.7 Å². The number of ether oxygens (including phenoxy) is 3. The van der Waals surface area contributed by atoms with E-state index in [0.29, 0.717) is 41.0 Å². The van der Waals surface area contributed by atoms with Crippen LogP contribution in [-0.2, 0) is 17.9 Å². The summed E-state index contributed by atoms with van der Waals surface area (Å²) in [6.45, 7) is 0.578. The van der Waals surface area contributed by atoms with Crippen LogP contribution >= 0.6 is 23.1 Å². The minimum atomic E-state index is -0.316. The minimum absolute atomic E-state index is 0.0940. The topological polar surface area (TPSA) is 120 Å². The van der Waals surface area contributed by atoms with Crippen molar-refractivity contribution in [2.24, 2.45) is 5.10 Å². The number of nitrogens with one attached hydrogen (secondary N) is 1. The number of benzene rings is 3. The maximum Gasteiger partial charge on any atom is 0.253 e. The average molecular weight is 683 g/mol. The molecule has 1 aliphatic heterocycles. The van der Waals surface area contributed by atoms with E-state index >= 15 is 0 Å². The molecule has 0 radical (unpaired) electrons. The van der Waals surface area contributed by atoms with E-state index in [9.17, 15) is 9.59 Å². The molecule has 48 heavy (non-hydrogen) atoms. The first-order valence-corrected chi connectivity index (χ1v) is 17.0. The molecule has 5 aromatic rings. The molecule has 0 aliphatic carbocycles. The molecule has 2 amide bonds. The summed E-state index contributed by atoms with van der Waals surface area (Å²) in [6.07, 6.45) is 0.608. The van der Waals surface area contributed by atoms with E-state index in [2.05, 4.69) is 15.5 Å². The number of carbonyl (C=O) groups is 2. The average Bonchev–Trinajstić information content (AvgIpc) is 3.91. The Balaban J connectivity index is 1.21. The van der Waals surface area contributed by atoms with Gasteiger partial charge in [-0.3, -0.25) is 9.59 Å². The fraction of sp³-hybridized carbons (Fsp3) is 0.229. The van der Waals surface area contributed by atoms with Crippen LogP contribution < -0.4 is 19.5 Å². The number of amides is 2. The van der Waals surface area contributed by atoms with Crippen LogP contribution in [0.2, 0.25) is 0 Å². The lowest BCUT2D eigenvalue weighted by Crippen LogP contribution is -2.28. The van der Waals surface area contributed by atoms with Crippen LogP contribution in [0, 0.1) is 0 Å². The van der Waals surface area contributed by atoms with Gasteiger partial charge in [-0.05, 0) is 46.8 Å². The SMILES string of the molecule is COc1ccc([C@H]2CC(c3cccs3)=NN2C(=O)CSc2nnc(CNC(=O)c3cc(OC)cc(OC)c3)n2Cc2ccccc2)cc1. The standard InChI is InChI=1S/C35H34N6O5S2/c1-44-26-13-11-24(12-14-26)30-19-29(31-10-7-15-47-31)39-41(30)33(42)22-48-35-38-37-32(40(35)21-23-8-5-4-6-9-23)20-36-34(43)25-16-27(45-2)18-28(17-25)46-3/h4-18,30H,19-22H2,1-3H3,(H,36,43)/t30-/m1/s1. The van der Waals surface area contributed by atoms with Crippen LogP contribution in [0.1, 0.15) is 44.6 Å². The number of hydrazone groups is 1. The highest BCUT2D eigenvalue weighted by Gasteiger charge is 2.33. The van der Waals surface area contributed by atoms with Gasteiger partial charge in [0.05, 0.1) is 56.8 Å². The number of methoxy groups -OCH3 is 3. The van der Waals surface area contributed by atoms with Crippen molar-refractivity contribution in [3.8, 4) is 17.2 Å². The first-order chi connectivity index (χ1) is 23.4. The van der Waals surface area contributed by atoms with Crippen LogP contribution in [0.3, 0.4) is 0 Å². The molecular weight excluding hydrogens is 649 g/mol. The Bertz CT molecular complexity index is 1870. The van der Waals surface area contributed by atoms with Gasteiger partial charge in [0.2, 0.25) is 0 Å². The molecule has 1 atom stereocenters. The van der Waals surface area contributed by atoms with Crippen molar-refractivity contribution in [3.05, 3.63) is 118 Å². The van der Waals surface area contributed by atoms with Crippen LogP contribution in [0.4, 0.5) is 0 Å². The molecule has 3 heterocycles. The van der Waals surface area contributed by atoms with Crippen molar-refractivity contribution >= 4 is 40.6 Å². The second-order valence-corrected chi connectivity index (χ2v) is 12.7. The van der Waals surface area contributed by atoms with Crippen molar-refractivity contribution in [1.82, 2.24) is 25.1 Å². The molecule has 1 aliphatic rings. The fourth-order valence-electron chi connectivity index (χ4n) is 5.29. The lowest BCUT2D eigenvalue weighted by molar-refractivity contribution is -0.130. The zero-order valence-corrected chi connectivity index (χ0v) is 28.3. The molecule has 0 saturated heterocycles. The zero-order valence-electron chi connectivity index (χ0n) is 26.7. The lowest BCUT2D eigenvalue weighted by Gasteiger charge is -2.22. The quantitative estimate of drug-likeness (QED) is 0.155. The first-order valence-electron chi connectivity index (χ1n) is 15.1. The first kappa shape index (κ1) is 32.8. The summed E-state index contributed by atoms with van der Waals surface area (Å²) in [5.74, 6) is 1.94. The van der Waals surface area contributed by atoms with E-state index in [-0.39, 0.29) is 30.2 Å². The van der Waals surface area contributed by atoms with Crippen LogP contribution in [-0.4, -0.2) is 64.4 Å². The molecule has 0 fully saturated rings. The second kappa shape index (κ2) is 15.2. The van der Waals surface area contributed by atoms with Crippen molar-refractivity contribution in [2.75, 3.05) is 27.1 Å². The monoisotopic (exact) mass is 682 g/mol. The number of hydrogen-bond donors (Lipinski definition) is 1. The summed E-state index contributed by atoms with van der Waals surface area (Å²) < 4.78 is 17.9. The fourth-order valence-corrected chi connectivity index (χ4v) is 6.82. The summed E-state index contributed by atoms with van der Waals surface area (Å²) in [4.78, 5) is 28.0. The predicted octanol–water partition coefficient (Wildman–Crippen LogP) is 5.81. The van der Waals surface area contributed by atoms with Gasteiger partial charge in [-0.1, -0.05) is 60.3 Å². The second-order valence-electron chi connectivity index (χ2n) is 10.8. The summed E-state index contributed by atoms with van der Waals surface area (Å²) >= 11 is 2.89. The third kappa shape index (κ3) is 7.53. The minimum Gasteiger partial charge on any atom is -0.497 e.